The molecule has 0 aromatic heterocycles. The van der Waals surface area contributed by atoms with Crippen molar-refractivity contribution < 1.29 is 9.47 Å². The molecule has 116 valence electrons. The molecule has 2 N–H and O–H groups in total. The van der Waals surface area contributed by atoms with Crippen molar-refractivity contribution in [1.29, 1.82) is 0 Å². The first kappa shape index (κ1) is 14.7. The van der Waals surface area contributed by atoms with Crippen LogP contribution in [-0.2, 0) is 0 Å². The normalized spacial score (nSPS) is 14.0. The molecule has 0 saturated heterocycles. The van der Waals surface area contributed by atoms with E-state index in [1.807, 2.05) is 18.2 Å². The van der Waals surface area contributed by atoms with Gasteiger partial charge >= 0.3 is 0 Å². The lowest BCUT2D eigenvalue weighted by Gasteiger charge is -2.28. The zero-order valence-corrected chi connectivity index (χ0v) is 13.1. The Balaban J connectivity index is 1.77. The van der Waals surface area contributed by atoms with Crippen LogP contribution in [0, 0.1) is 6.92 Å². The van der Waals surface area contributed by atoms with Crippen molar-refractivity contribution >= 4 is 5.69 Å². The van der Waals surface area contributed by atoms with Gasteiger partial charge in [-0.2, -0.15) is 0 Å². The van der Waals surface area contributed by atoms with E-state index in [-0.39, 0.29) is 12.8 Å². The Bertz CT molecular complexity index is 657. The summed E-state index contributed by atoms with van der Waals surface area (Å²) in [6.45, 7) is 6.26. The van der Waals surface area contributed by atoms with E-state index in [0.717, 1.165) is 30.2 Å². The van der Waals surface area contributed by atoms with Gasteiger partial charge in [0.25, 0.3) is 0 Å². The number of nitrogens with two attached hydrogens (primary N) is 1. The average molecular weight is 298 g/mol. The summed E-state index contributed by atoms with van der Waals surface area (Å²) in [5.41, 5.74) is 9.98. The minimum atomic E-state index is -0.0749. The molecular weight excluding hydrogens is 276 g/mol. The zero-order chi connectivity index (χ0) is 15.5. The molecule has 2 aromatic carbocycles. The minimum absolute atomic E-state index is 0.0749. The SMILES string of the molecule is CCN(CC(N)c1ccc2c(c1)OCO2)c1ccccc1C. The van der Waals surface area contributed by atoms with Crippen LogP contribution >= 0.6 is 0 Å². The van der Waals surface area contributed by atoms with E-state index in [1.54, 1.807) is 0 Å². The van der Waals surface area contributed by atoms with Crippen LogP contribution in [-0.4, -0.2) is 19.9 Å². The van der Waals surface area contributed by atoms with Crippen molar-refractivity contribution in [2.45, 2.75) is 19.9 Å². The number of rotatable bonds is 5. The fourth-order valence-electron chi connectivity index (χ4n) is 2.80. The van der Waals surface area contributed by atoms with Gasteiger partial charge < -0.3 is 20.1 Å². The van der Waals surface area contributed by atoms with Crippen LogP contribution in [0.5, 0.6) is 11.5 Å². The van der Waals surface area contributed by atoms with E-state index < -0.39 is 0 Å². The summed E-state index contributed by atoms with van der Waals surface area (Å²) in [5, 5.41) is 0. The predicted octanol–water partition coefficient (Wildman–Crippen LogP) is 3.25. The van der Waals surface area contributed by atoms with Crippen molar-refractivity contribution in [2.75, 3.05) is 24.8 Å². The van der Waals surface area contributed by atoms with E-state index in [1.165, 1.54) is 11.3 Å². The zero-order valence-electron chi connectivity index (χ0n) is 13.1. The van der Waals surface area contributed by atoms with Gasteiger partial charge in [-0.25, -0.2) is 0 Å². The number of fused-ring (bicyclic) bond motifs is 1. The molecule has 0 radical (unpaired) electrons. The van der Waals surface area contributed by atoms with E-state index in [2.05, 4.69) is 43.0 Å². The molecular formula is C18H22N2O2. The average Bonchev–Trinajstić information content (AvgIpc) is 3.00. The number of hydrogen-bond donors (Lipinski definition) is 1. The monoisotopic (exact) mass is 298 g/mol. The maximum absolute atomic E-state index is 6.41. The third-order valence-electron chi connectivity index (χ3n) is 4.08. The Morgan fingerprint density at radius 2 is 1.91 bits per heavy atom. The van der Waals surface area contributed by atoms with Crippen LogP contribution < -0.4 is 20.1 Å². The van der Waals surface area contributed by atoms with Gasteiger partial charge in [0.05, 0.1) is 0 Å². The fourth-order valence-corrected chi connectivity index (χ4v) is 2.80. The van der Waals surface area contributed by atoms with Gasteiger partial charge in [-0.05, 0) is 43.2 Å². The highest BCUT2D eigenvalue weighted by molar-refractivity contribution is 5.53. The Morgan fingerprint density at radius 3 is 2.68 bits per heavy atom. The van der Waals surface area contributed by atoms with Gasteiger partial charge in [-0.1, -0.05) is 24.3 Å². The minimum Gasteiger partial charge on any atom is -0.454 e. The summed E-state index contributed by atoms with van der Waals surface area (Å²) in [4.78, 5) is 2.31. The first-order valence-electron chi connectivity index (χ1n) is 7.64. The fraction of sp³-hybridized carbons (Fsp3) is 0.333. The second-order valence-electron chi connectivity index (χ2n) is 5.54. The maximum atomic E-state index is 6.41. The summed E-state index contributed by atoms with van der Waals surface area (Å²) in [5.74, 6) is 1.58. The molecule has 1 aliphatic heterocycles. The summed E-state index contributed by atoms with van der Waals surface area (Å²) in [6, 6.07) is 14.3. The van der Waals surface area contributed by atoms with Gasteiger partial charge in [0.2, 0.25) is 6.79 Å². The number of benzene rings is 2. The van der Waals surface area contributed by atoms with E-state index >= 15 is 0 Å². The van der Waals surface area contributed by atoms with Crippen LogP contribution in [0.4, 0.5) is 5.69 Å². The second-order valence-corrected chi connectivity index (χ2v) is 5.54. The predicted molar refractivity (Wildman–Crippen MR) is 88.6 cm³/mol. The van der Waals surface area contributed by atoms with Gasteiger partial charge in [0.15, 0.2) is 11.5 Å². The summed E-state index contributed by atoms with van der Waals surface area (Å²) >= 11 is 0. The van der Waals surface area contributed by atoms with Crippen LogP contribution in [0.15, 0.2) is 42.5 Å². The number of ether oxygens (including phenoxy) is 2. The molecule has 2 aromatic rings. The number of anilines is 1. The van der Waals surface area contributed by atoms with Gasteiger partial charge in [-0.15, -0.1) is 0 Å². The van der Waals surface area contributed by atoms with Crippen molar-refractivity contribution in [2.24, 2.45) is 5.73 Å². The molecule has 0 saturated carbocycles. The molecule has 4 heteroatoms. The molecule has 0 amide bonds. The van der Waals surface area contributed by atoms with Crippen molar-refractivity contribution in [3.63, 3.8) is 0 Å². The van der Waals surface area contributed by atoms with Crippen molar-refractivity contribution in [1.82, 2.24) is 0 Å². The summed E-state index contributed by atoms with van der Waals surface area (Å²) < 4.78 is 10.8. The van der Waals surface area contributed by atoms with Crippen LogP contribution in [0.2, 0.25) is 0 Å². The molecule has 1 heterocycles. The first-order valence-corrected chi connectivity index (χ1v) is 7.64. The highest BCUT2D eigenvalue weighted by atomic mass is 16.7. The van der Waals surface area contributed by atoms with Gasteiger partial charge in [0.1, 0.15) is 0 Å². The maximum Gasteiger partial charge on any atom is 0.231 e. The topological polar surface area (TPSA) is 47.7 Å². The molecule has 1 unspecified atom stereocenters. The highest BCUT2D eigenvalue weighted by Gasteiger charge is 2.18. The number of para-hydroxylation sites is 1. The smallest absolute Gasteiger partial charge is 0.231 e. The lowest BCUT2D eigenvalue weighted by atomic mass is 10.1. The number of nitrogens with zero attached hydrogens (tertiary/aromatic N) is 1. The Labute approximate surface area is 131 Å². The molecule has 4 nitrogen and oxygen atoms in total. The number of likely N-dealkylation sites (N-methyl/N-ethyl adjacent to an activating group) is 1. The molecule has 0 aliphatic carbocycles. The van der Waals surface area contributed by atoms with E-state index in [0.29, 0.717) is 0 Å². The lowest BCUT2D eigenvalue weighted by molar-refractivity contribution is 0.174. The van der Waals surface area contributed by atoms with E-state index in [4.69, 9.17) is 15.2 Å². The number of aryl methyl sites for hydroxylation is 1. The Kier molecular flexibility index (Phi) is 4.20. The molecule has 0 bridgehead atoms. The summed E-state index contributed by atoms with van der Waals surface area (Å²) in [6.07, 6.45) is 0. The lowest BCUT2D eigenvalue weighted by Crippen LogP contribution is -2.32. The van der Waals surface area contributed by atoms with Crippen LogP contribution in [0.25, 0.3) is 0 Å². The third-order valence-corrected chi connectivity index (χ3v) is 4.08. The van der Waals surface area contributed by atoms with Crippen LogP contribution in [0.3, 0.4) is 0 Å². The first-order chi connectivity index (χ1) is 10.7. The van der Waals surface area contributed by atoms with Crippen molar-refractivity contribution in [3.8, 4) is 11.5 Å². The molecule has 1 atom stereocenters. The quantitative estimate of drug-likeness (QED) is 0.920. The molecule has 1 aliphatic rings. The van der Waals surface area contributed by atoms with Gasteiger partial charge in [-0.3, -0.25) is 0 Å². The summed E-state index contributed by atoms with van der Waals surface area (Å²) in [7, 11) is 0. The van der Waals surface area contributed by atoms with Gasteiger partial charge in [0, 0.05) is 24.8 Å². The number of hydrogen-bond acceptors (Lipinski definition) is 4. The largest absolute Gasteiger partial charge is 0.454 e. The molecule has 0 fully saturated rings. The third kappa shape index (κ3) is 2.88. The molecule has 3 rings (SSSR count). The molecule has 0 spiro atoms. The van der Waals surface area contributed by atoms with E-state index in [9.17, 15) is 0 Å². The van der Waals surface area contributed by atoms with Crippen LogP contribution in [0.1, 0.15) is 24.1 Å². The highest BCUT2D eigenvalue weighted by Crippen LogP contribution is 2.34. The molecule has 22 heavy (non-hydrogen) atoms. The standard InChI is InChI=1S/C18H22N2O2/c1-3-20(16-7-5-4-6-13(16)2)11-15(19)14-8-9-17-18(10-14)22-12-21-17/h4-10,15H,3,11-12,19H2,1-2H3. The Morgan fingerprint density at radius 1 is 1.14 bits per heavy atom. The second kappa shape index (κ2) is 6.28. The van der Waals surface area contributed by atoms with Crippen molar-refractivity contribution in [3.05, 3.63) is 53.6 Å². The Hall–Kier alpha value is -2.20.